The number of halogens is 1. The lowest BCUT2D eigenvalue weighted by atomic mass is 9.94. The van der Waals surface area contributed by atoms with Crippen molar-refractivity contribution >= 4 is 40.9 Å². The van der Waals surface area contributed by atoms with Crippen molar-refractivity contribution in [3.63, 3.8) is 0 Å². The molecule has 0 aliphatic carbocycles. The lowest BCUT2D eigenvalue weighted by Crippen LogP contribution is -2.31. The van der Waals surface area contributed by atoms with Gasteiger partial charge in [-0.05, 0) is 61.0 Å². The fourth-order valence-corrected chi connectivity index (χ4v) is 5.33. The molecule has 11 heteroatoms. The topological polar surface area (TPSA) is 99.5 Å². The van der Waals surface area contributed by atoms with Crippen LogP contribution in [0.1, 0.15) is 24.1 Å². The SMILES string of the molecule is COc1ccc(NC(=O)C2=C(C)Nc3nc(SCc4ccc(Cl)cc4)nn3[C@H]2c2ccc(OC)cc2OC)cc1. The van der Waals surface area contributed by atoms with E-state index >= 15 is 0 Å². The molecular weight excluding hydrogens is 550 g/mol. The second-order valence-corrected chi connectivity index (χ2v) is 10.3. The maximum Gasteiger partial charge on any atom is 0.255 e. The Labute approximate surface area is 241 Å². The Balaban J connectivity index is 1.52. The van der Waals surface area contributed by atoms with Crippen LogP contribution in [-0.2, 0) is 10.5 Å². The number of nitrogens with zero attached hydrogens (tertiary/aromatic N) is 3. The average Bonchev–Trinajstić information content (AvgIpc) is 3.38. The highest BCUT2D eigenvalue weighted by Crippen LogP contribution is 2.41. The normalized spacial score (nSPS) is 14.3. The second-order valence-electron chi connectivity index (χ2n) is 8.93. The van der Waals surface area contributed by atoms with Crippen LogP contribution in [0, 0.1) is 0 Å². The molecule has 1 atom stereocenters. The number of amides is 1. The molecule has 40 heavy (non-hydrogen) atoms. The molecule has 5 rings (SSSR count). The number of ether oxygens (including phenoxy) is 3. The molecular formula is C29H28ClN5O4S. The van der Waals surface area contributed by atoms with Crippen LogP contribution in [0.2, 0.25) is 5.02 Å². The molecule has 0 saturated carbocycles. The number of fused-ring (bicyclic) bond motifs is 1. The van der Waals surface area contributed by atoms with Crippen LogP contribution in [0.15, 0.2) is 83.2 Å². The zero-order valence-corrected chi connectivity index (χ0v) is 24.0. The molecule has 0 radical (unpaired) electrons. The molecule has 0 saturated heterocycles. The number of carbonyl (C=O) groups is 1. The van der Waals surface area contributed by atoms with Crippen LogP contribution in [0.5, 0.6) is 17.2 Å². The van der Waals surface area contributed by atoms with E-state index in [1.165, 1.54) is 11.8 Å². The quantitative estimate of drug-likeness (QED) is 0.228. The largest absolute Gasteiger partial charge is 0.497 e. The fourth-order valence-electron chi connectivity index (χ4n) is 4.42. The first-order valence-electron chi connectivity index (χ1n) is 12.4. The number of benzene rings is 3. The predicted molar refractivity (Wildman–Crippen MR) is 157 cm³/mol. The molecule has 9 nitrogen and oxygen atoms in total. The van der Waals surface area contributed by atoms with Crippen molar-refractivity contribution in [1.82, 2.24) is 14.8 Å². The number of carbonyl (C=O) groups excluding carboxylic acids is 1. The van der Waals surface area contributed by atoms with Crippen LogP contribution in [-0.4, -0.2) is 42.0 Å². The molecule has 3 aromatic carbocycles. The first kappa shape index (κ1) is 27.4. The third kappa shape index (κ3) is 5.73. The molecule has 2 heterocycles. The third-order valence-corrected chi connectivity index (χ3v) is 7.60. The highest BCUT2D eigenvalue weighted by atomic mass is 35.5. The maximum absolute atomic E-state index is 13.8. The van der Waals surface area contributed by atoms with Gasteiger partial charge in [0.25, 0.3) is 5.91 Å². The van der Waals surface area contributed by atoms with Gasteiger partial charge in [0.15, 0.2) is 0 Å². The van der Waals surface area contributed by atoms with Crippen molar-refractivity contribution in [3.05, 3.63) is 94.1 Å². The standard InChI is InChI=1S/C29H28ClN5O4S/c1-17-25(27(36)32-20-9-11-21(37-2)12-10-20)26(23-14-13-22(38-3)15-24(23)39-4)35-28(31-17)33-29(34-35)40-16-18-5-7-19(30)8-6-18/h5-15,26H,16H2,1-4H3,(H,32,36)(H,31,33,34)/t26-/m0/s1. The Kier molecular flexibility index (Phi) is 8.18. The van der Waals surface area contributed by atoms with Crippen LogP contribution in [0.25, 0.3) is 0 Å². The summed E-state index contributed by atoms with van der Waals surface area (Å²) < 4.78 is 18.1. The summed E-state index contributed by atoms with van der Waals surface area (Å²) >= 11 is 7.52. The number of rotatable bonds is 9. The molecule has 0 fully saturated rings. The average molecular weight is 578 g/mol. The van der Waals surface area contributed by atoms with E-state index in [9.17, 15) is 4.79 Å². The Hall–Kier alpha value is -4.15. The number of thioether (sulfide) groups is 1. The lowest BCUT2D eigenvalue weighted by Gasteiger charge is -2.29. The van der Waals surface area contributed by atoms with E-state index in [4.69, 9.17) is 35.9 Å². The van der Waals surface area contributed by atoms with E-state index in [2.05, 4.69) is 10.6 Å². The van der Waals surface area contributed by atoms with Gasteiger partial charge in [0, 0.05) is 33.8 Å². The van der Waals surface area contributed by atoms with Gasteiger partial charge in [-0.2, -0.15) is 4.98 Å². The highest BCUT2D eigenvalue weighted by molar-refractivity contribution is 7.98. The van der Waals surface area contributed by atoms with Crippen molar-refractivity contribution in [2.24, 2.45) is 0 Å². The van der Waals surface area contributed by atoms with Gasteiger partial charge in [-0.1, -0.05) is 35.5 Å². The van der Waals surface area contributed by atoms with Crippen LogP contribution < -0.4 is 24.8 Å². The van der Waals surface area contributed by atoms with Gasteiger partial charge in [0.05, 0.1) is 26.9 Å². The second kappa shape index (κ2) is 11.9. The number of anilines is 2. The molecule has 1 amide bonds. The number of methoxy groups -OCH3 is 3. The van der Waals surface area contributed by atoms with E-state index in [0.29, 0.717) is 56.1 Å². The summed E-state index contributed by atoms with van der Waals surface area (Å²) in [6.45, 7) is 1.85. The van der Waals surface area contributed by atoms with Crippen LogP contribution >= 0.6 is 23.4 Å². The van der Waals surface area contributed by atoms with E-state index < -0.39 is 6.04 Å². The monoisotopic (exact) mass is 577 g/mol. The number of aromatic nitrogens is 3. The molecule has 0 unspecified atom stereocenters. The van der Waals surface area contributed by atoms with Crippen LogP contribution in [0.4, 0.5) is 11.6 Å². The van der Waals surface area contributed by atoms with Crippen molar-refractivity contribution < 1.29 is 19.0 Å². The predicted octanol–water partition coefficient (Wildman–Crippen LogP) is 6.18. The summed E-state index contributed by atoms with van der Waals surface area (Å²) in [6, 6.07) is 19.7. The lowest BCUT2D eigenvalue weighted by molar-refractivity contribution is -0.113. The summed E-state index contributed by atoms with van der Waals surface area (Å²) in [5.74, 6) is 2.80. The minimum atomic E-state index is -0.618. The number of hydrogen-bond donors (Lipinski definition) is 2. The van der Waals surface area contributed by atoms with Gasteiger partial charge < -0.3 is 24.8 Å². The third-order valence-electron chi connectivity index (χ3n) is 6.44. The number of nitrogens with one attached hydrogen (secondary N) is 2. The number of hydrogen-bond acceptors (Lipinski definition) is 8. The summed E-state index contributed by atoms with van der Waals surface area (Å²) in [6.07, 6.45) is 0. The van der Waals surface area contributed by atoms with Crippen molar-refractivity contribution in [2.75, 3.05) is 32.0 Å². The van der Waals surface area contributed by atoms with Gasteiger partial charge in [0.1, 0.15) is 23.3 Å². The molecule has 206 valence electrons. The van der Waals surface area contributed by atoms with Crippen LogP contribution in [0.3, 0.4) is 0 Å². The van der Waals surface area contributed by atoms with E-state index in [-0.39, 0.29) is 5.91 Å². The van der Waals surface area contributed by atoms with Gasteiger partial charge in [-0.15, -0.1) is 5.10 Å². The van der Waals surface area contributed by atoms with Crippen molar-refractivity contribution in [2.45, 2.75) is 23.9 Å². The van der Waals surface area contributed by atoms with Crippen molar-refractivity contribution in [3.8, 4) is 17.2 Å². The first-order valence-corrected chi connectivity index (χ1v) is 13.8. The number of allylic oxidation sites excluding steroid dienone is 1. The molecule has 1 aromatic heterocycles. The summed E-state index contributed by atoms with van der Waals surface area (Å²) in [5.41, 5.74) is 3.60. The Morgan fingerprint density at radius 1 is 1.00 bits per heavy atom. The van der Waals surface area contributed by atoms with Gasteiger partial charge in [0.2, 0.25) is 11.1 Å². The Bertz CT molecular complexity index is 1550. The minimum Gasteiger partial charge on any atom is -0.497 e. The molecule has 0 spiro atoms. The smallest absolute Gasteiger partial charge is 0.255 e. The molecule has 1 aliphatic heterocycles. The Morgan fingerprint density at radius 2 is 1.70 bits per heavy atom. The first-order chi connectivity index (χ1) is 19.4. The summed E-state index contributed by atoms with van der Waals surface area (Å²) in [5, 5.41) is 12.4. The van der Waals surface area contributed by atoms with E-state index in [1.807, 2.05) is 43.3 Å². The van der Waals surface area contributed by atoms with E-state index in [0.717, 1.165) is 11.1 Å². The minimum absolute atomic E-state index is 0.283. The van der Waals surface area contributed by atoms with Crippen molar-refractivity contribution in [1.29, 1.82) is 0 Å². The molecule has 1 aliphatic rings. The zero-order valence-electron chi connectivity index (χ0n) is 22.4. The summed E-state index contributed by atoms with van der Waals surface area (Å²) in [4.78, 5) is 18.5. The summed E-state index contributed by atoms with van der Waals surface area (Å²) in [7, 11) is 4.78. The molecule has 0 bridgehead atoms. The molecule has 4 aromatic rings. The Morgan fingerprint density at radius 3 is 2.38 bits per heavy atom. The van der Waals surface area contributed by atoms with E-state index in [1.54, 1.807) is 56.3 Å². The maximum atomic E-state index is 13.8. The van der Waals surface area contributed by atoms with Gasteiger partial charge >= 0.3 is 0 Å². The van der Waals surface area contributed by atoms with Gasteiger partial charge in [-0.3, -0.25) is 4.79 Å². The molecule has 2 N–H and O–H groups in total. The fraction of sp³-hybridized carbons (Fsp3) is 0.207. The zero-order chi connectivity index (χ0) is 28.2. The highest BCUT2D eigenvalue weighted by Gasteiger charge is 2.36. The van der Waals surface area contributed by atoms with Gasteiger partial charge in [-0.25, -0.2) is 4.68 Å².